The van der Waals surface area contributed by atoms with E-state index in [-0.39, 0.29) is 10.8 Å². The predicted octanol–water partition coefficient (Wildman–Crippen LogP) is 3.19. The van der Waals surface area contributed by atoms with Gasteiger partial charge in [0, 0.05) is 36.7 Å². The first-order valence-electron chi connectivity index (χ1n) is 6.61. The van der Waals surface area contributed by atoms with Gasteiger partial charge in [0.15, 0.2) is 0 Å². The first-order valence-corrected chi connectivity index (χ1v) is 8.04. The fraction of sp³-hybridized carbons (Fsp3) is 0.571. The molecule has 2 heterocycles. The summed E-state index contributed by atoms with van der Waals surface area (Å²) in [6.07, 6.45) is 1.08. The molecule has 0 saturated carbocycles. The lowest BCUT2D eigenvalue weighted by Gasteiger charge is -2.43. The summed E-state index contributed by atoms with van der Waals surface area (Å²) < 4.78 is 19.0. The molecule has 2 nitrogen and oxygen atoms in total. The minimum Gasteiger partial charge on any atom is -0.380 e. The second-order valence-corrected chi connectivity index (χ2v) is 6.81. The van der Waals surface area contributed by atoms with Crippen molar-refractivity contribution in [2.75, 3.05) is 25.5 Å². The third-order valence-corrected chi connectivity index (χ3v) is 5.42. The summed E-state index contributed by atoms with van der Waals surface area (Å²) in [4.78, 5) is 2.46. The van der Waals surface area contributed by atoms with Crippen molar-refractivity contribution in [3.8, 4) is 0 Å². The van der Waals surface area contributed by atoms with E-state index in [2.05, 4.69) is 4.90 Å². The van der Waals surface area contributed by atoms with Crippen LogP contribution in [0.3, 0.4) is 0 Å². The molecule has 104 valence electrons. The van der Waals surface area contributed by atoms with E-state index in [1.807, 2.05) is 17.8 Å². The highest BCUT2D eigenvalue weighted by Gasteiger charge is 2.34. The van der Waals surface area contributed by atoms with Crippen molar-refractivity contribution < 1.29 is 9.13 Å². The molecule has 0 bridgehead atoms. The maximum atomic E-state index is 13.5. The van der Waals surface area contributed by atoms with E-state index in [1.54, 1.807) is 12.1 Å². The van der Waals surface area contributed by atoms with Gasteiger partial charge < -0.3 is 4.74 Å². The molecule has 0 amide bonds. The second-order valence-electron chi connectivity index (χ2n) is 5.06. The molecule has 0 unspecified atom stereocenters. The normalized spacial score (nSPS) is 28.1. The summed E-state index contributed by atoms with van der Waals surface area (Å²) in [5, 5.41) is 0.765. The van der Waals surface area contributed by atoms with Gasteiger partial charge in [-0.05, 0) is 24.1 Å². The SMILES string of the molecule is Fc1cc(CN2CCS[C@H]3COCC[C@H]32)ccc1Cl. The summed E-state index contributed by atoms with van der Waals surface area (Å²) in [5.74, 6) is 0.801. The maximum Gasteiger partial charge on any atom is 0.142 e. The number of benzene rings is 1. The van der Waals surface area contributed by atoms with Gasteiger partial charge >= 0.3 is 0 Å². The summed E-state index contributed by atoms with van der Waals surface area (Å²) >= 11 is 7.73. The van der Waals surface area contributed by atoms with Crippen LogP contribution in [0.5, 0.6) is 0 Å². The van der Waals surface area contributed by atoms with Crippen molar-refractivity contribution in [1.82, 2.24) is 4.90 Å². The van der Waals surface area contributed by atoms with Gasteiger partial charge in [0.2, 0.25) is 0 Å². The van der Waals surface area contributed by atoms with E-state index in [4.69, 9.17) is 16.3 Å². The number of hydrogen-bond acceptors (Lipinski definition) is 3. The van der Waals surface area contributed by atoms with Crippen LogP contribution in [0, 0.1) is 5.82 Å². The van der Waals surface area contributed by atoms with E-state index < -0.39 is 0 Å². The molecule has 0 radical (unpaired) electrons. The molecule has 0 aromatic heterocycles. The molecule has 2 aliphatic rings. The molecule has 0 N–H and O–H groups in total. The second kappa shape index (κ2) is 6.00. The Morgan fingerprint density at radius 1 is 1.47 bits per heavy atom. The molecule has 3 rings (SSSR count). The number of nitrogens with zero attached hydrogens (tertiary/aromatic N) is 1. The lowest BCUT2D eigenvalue weighted by Crippen LogP contribution is -2.51. The molecule has 0 spiro atoms. The van der Waals surface area contributed by atoms with Gasteiger partial charge in [0.25, 0.3) is 0 Å². The molecule has 2 aliphatic heterocycles. The first kappa shape index (κ1) is 13.7. The smallest absolute Gasteiger partial charge is 0.142 e. The van der Waals surface area contributed by atoms with Gasteiger partial charge in [0.05, 0.1) is 11.6 Å². The average Bonchev–Trinajstić information content (AvgIpc) is 2.43. The Labute approximate surface area is 122 Å². The molecular weight excluding hydrogens is 285 g/mol. The minimum absolute atomic E-state index is 0.196. The number of ether oxygens (including phenoxy) is 1. The van der Waals surface area contributed by atoms with Gasteiger partial charge in [-0.25, -0.2) is 4.39 Å². The summed E-state index contributed by atoms with van der Waals surface area (Å²) in [7, 11) is 0. The molecule has 2 atom stereocenters. The van der Waals surface area contributed by atoms with Crippen molar-refractivity contribution in [3.05, 3.63) is 34.6 Å². The zero-order valence-corrected chi connectivity index (χ0v) is 12.2. The van der Waals surface area contributed by atoms with Gasteiger partial charge in [-0.2, -0.15) is 11.8 Å². The summed E-state index contributed by atoms with van der Waals surface area (Å²) in [5.41, 5.74) is 0.999. The highest BCUT2D eigenvalue weighted by Crippen LogP contribution is 2.31. The van der Waals surface area contributed by atoms with Crippen molar-refractivity contribution >= 4 is 23.4 Å². The van der Waals surface area contributed by atoms with Crippen LogP contribution in [0.15, 0.2) is 18.2 Å². The summed E-state index contributed by atoms with van der Waals surface area (Å²) in [6, 6.07) is 5.68. The van der Waals surface area contributed by atoms with Crippen LogP contribution in [0.1, 0.15) is 12.0 Å². The number of fused-ring (bicyclic) bond motifs is 1. The Balaban J connectivity index is 1.72. The van der Waals surface area contributed by atoms with Crippen LogP contribution in [0.2, 0.25) is 5.02 Å². The van der Waals surface area contributed by atoms with Crippen LogP contribution in [-0.4, -0.2) is 41.7 Å². The Bertz CT molecular complexity index is 457. The van der Waals surface area contributed by atoms with Crippen molar-refractivity contribution in [1.29, 1.82) is 0 Å². The Morgan fingerprint density at radius 2 is 2.37 bits per heavy atom. The molecule has 1 aromatic rings. The molecule has 19 heavy (non-hydrogen) atoms. The van der Waals surface area contributed by atoms with Gasteiger partial charge in [-0.3, -0.25) is 4.90 Å². The third-order valence-electron chi connectivity index (χ3n) is 3.82. The zero-order chi connectivity index (χ0) is 13.2. The monoisotopic (exact) mass is 301 g/mol. The molecule has 5 heteroatoms. The van der Waals surface area contributed by atoms with E-state index in [9.17, 15) is 4.39 Å². The Hall–Kier alpha value is -0.290. The standard InChI is InChI=1S/C14H17ClFNOS/c15-11-2-1-10(7-12(11)16)8-17-4-6-19-14-9-18-5-3-13(14)17/h1-2,7,13-14H,3-6,8-9H2/t13-,14+/m1/s1. The zero-order valence-electron chi connectivity index (χ0n) is 10.6. The maximum absolute atomic E-state index is 13.5. The van der Waals surface area contributed by atoms with Crippen LogP contribution < -0.4 is 0 Å². The van der Waals surface area contributed by atoms with Crippen LogP contribution in [0.4, 0.5) is 4.39 Å². The van der Waals surface area contributed by atoms with Gasteiger partial charge in [0.1, 0.15) is 5.82 Å². The molecular formula is C14H17ClFNOS. The molecule has 2 saturated heterocycles. The molecule has 0 aliphatic carbocycles. The highest BCUT2D eigenvalue weighted by molar-refractivity contribution is 8.00. The third kappa shape index (κ3) is 3.07. The van der Waals surface area contributed by atoms with Crippen LogP contribution >= 0.6 is 23.4 Å². The van der Waals surface area contributed by atoms with Crippen molar-refractivity contribution in [2.45, 2.75) is 24.3 Å². The van der Waals surface area contributed by atoms with Crippen molar-refractivity contribution in [2.24, 2.45) is 0 Å². The fourth-order valence-electron chi connectivity index (χ4n) is 2.83. The number of hydrogen-bond donors (Lipinski definition) is 0. The first-order chi connectivity index (χ1) is 9.24. The summed E-state index contributed by atoms with van der Waals surface area (Å²) in [6.45, 7) is 3.56. The van der Waals surface area contributed by atoms with E-state index >= 15 is 0 Å². The lowest BCUT2D eigenvalue weighted by atomic mass is 10.0. The van der Waals surface area contributed by atoms with Crippen LogP contribution in [-0.2, 0) is 11.3 Å². The largest absolute Gasteiger partial charge is 0.380 e. The topological polar surface area (TPSA) is 12.5 Å². The number of rotatable bonds is 2. The molecule has 2 fully saturated rings. The van der Waals surface area contributed by atoms with Crippen LogP contribution in [0.25, 0.3) is 0 Å². The van der Waals surface area contributed by atoms with E-state index in [0.29, 0.717) is 11.3 Å². The molecule has 1 aromatic carbocycles. The van der Waals surface area contributed by atoms with Gasteiger partial charge in [-0.15, -0.1) is 0 Å². The predicted molar refractivity (Wildman–Crippen MR) is 77.3 cm³/mol. The lowest BCUT2D eigenvalue weighted by molar-refractivity contribution is 0.0351. The average molecular weight is 302 g/mol. The van der Waals surface area contributed by atoms with Crippen molar-refractivity contribution in [3.63, 3.8) is 0 Å². The quantitative estimate of drug-likeness (QED) is 0.832. The number of halogens is 2. The van der Waals surface area contributed by atoms with Gasteiger partial charge in [-0.1, -0.05) is 17.7 Å². The minimum atomic E-state index is -0.325. The Morgan fingerprint density at radius 3 is 3.21 bits per heavy atom. The fourth-order valence-corrected chi connectivity index (χ4v) is 4.32. The Kier molecular flexibility index (Phi) is 4.32. The van der Waals surface area contributed by atoms with E-state index in [1.165, 1.54) is 0 Å². The highest BCUT2D eigenvalue weighted by atomic mass is 35.5. The van der Waals surface area contributed by atoms with E-state index in [0.717, 1.165) is 44.0 Å². The number of thioether (sulfide) groups is 1.